The Morgan fingerprint density at radius 1 is 1.18 bits per heavy atom. The third kappa shape index (κ3) is 2.19. The zero-order valence-corrected chi connectivity index (χ0v) is 10.4. The van der Waals surface area contributed by atoms with Gasteiger partial charge in [0.15, 0.2) is 0 Å². The van der Waals surface area contributed by atoms with Crippen LogP contribution in [0.4, 0.5) is 0 Å². The summed E-state index contributed by atoms with van der Waals surface area (Å²) in [5.41, 5.74) is 7.63. The molecule has 3 unspecified atom stereocenters. The minimum absolute atomic E-state index is 0.221. The normalized spacial score (nSPS) is 32.0. The Bertz CT molecular complexity index is 376. The van der Waals surface area contributed by atoms with Gasteiger partial charge in [-0.3, -0.25) is 0 Å². The zero-order chi connectivity index (χ0) is 11.8. The molecule has 0 heterocycles. The lowest BCUT2D eigenvalue weighted by molar-refractivity contribution is 0.339. The highest BCUT2D eigenvalue weighted by Crippen LogP contribution is 2.56. The van der Waals surface area contributed by atoms with Crippen LogP contribution < -0.4 is 10.5 Å². The Labute approximate surface area is 103 Å². The predicted molar refractivity (Wildman–Crippen MR) is 68.9 cm³/mol. The summed E-state index contributed by atoms with van der Waals surface area (Å²) in [5, 5.41) is 0. The van der Waals surface area contributed by atoms with Crippen LogP contribution in [0.15, 0.2) is 24.3 Å². The Kier molecular flexibility index (Phi) is 2.83. The van der Waals surface area contributed by atoms with Gasteiger partial charge in [0.1, 0.15) is 5.75 Å². The highest BCUT2D eigenvalue weighted by molar-refractivity contribution is 5.29. The predicted octanol–water partition coefficient (Wildman–Crippen LogP) is 3.13. The maximum Gasteiger partial charge on any atom is 0.119 e. The van der Waals surface area contributed by atoms with Gasteiger partial charge >= 0.3 is 0 Å². The number of benzene rings is 1. The second-order valence-electron chi connectivity index (χ2n) is 5.52. The first-order valence-electron chi connectivity index (χ1n) is 6.76. The Morgan fingerprint density at radius 3 is 2.41 bits per heavy atom. The van der Waals surface area contributed by atoms with Crippen LogP contribution in [0.1, 0.15) is 37.8 Å². The number of rotatable bonds is 4. The minimum Gasteiger partial charge on any atom is -0.494 e. The summed E-state index contributed by atoms with van der Waals surface area (Å²) < 4.78 is 5.45. The Hall–Kier alpha value is -1.02. The SMILES string of the molecule is CCOc1ccc(C(N)C2CC3CC3C2)cc1. The standard InChI is InChI=1S/C15H21NO/c1-2-17-14-5-3-10(4-6-14)15(16)13-8-11-7-12(11)9-13/h3-6,11-13,15H,2,7-9,16H2,1H3. The van der Waals surface area contributed by atoms with Crippen molar-refractivity contribution >= 4 is 0 Å². The van der Waals surface area contributed by atoms with E-state index in [1.54, 1.807) is 0 Å². The molecule has 2 fully saturated rings. The van der Waals surface area contributed by atoms with E-state index < -0.39 is 0 Å². The van der Waals surface area contributed by atoms with Gasteiger partial charge in [0.25, 0.3) is 0 Å². The van der Waals surface area contributed by atoms with Crippen molar-refractivity contribution in [2.45, 2.75) is 32.2 Å². The summed E-state index contributed by atoms with van der Waals surface area (Å²) in [6.07, 6.45) is 4.16. The van der Waals surface area contributed by atoms with Gasteiger partial charge in [-0.05, 0) is 61.6 Å². The van der Waals surface area contributed by atoms with Crippen LogP contribution in [0.3, 0.4) is 0 Å². The molecule has 2 saturated carbocycles. The molecule has 3 rings (SSSR count). The number of fused-ring (bicyclic) bond motifs is 1. The Morgan fingerprint density at radius 2 is 1.82 bits per heavy atom. The molecule has 2 nitrogen and oxygen atoms in total. The molecule has 1 aromatic rings. The molecule has 2 N–H and O–H groups in total. The maximum atomic E-state index is 6.37. The number of hydrogen-bond acceptors (Lipinski definition) is 2. The molecule has 0 saturated heterocycles. The number of ether oxygens (including phenoxy) is 1. The molecular formula is C15H21NO. The van der Waals surface area contributed by atoms with Crippen LogP contribution in [0, 0.1) is 17.8 Å². The van der Waals surface area contributed by atoms with Gasteiger partial charge in [0.2, 0.25) is 0 Å². The average Bonchev–Trinajstić information content (AvgIpc) is 2.97. The topological polar surface area (TPSA) is 35.2 Å². The van der Waals surface area contributed by atoms with Gasteiger partial charge in [-0.25, -0.2) is 0 Å². The fourth-order valence-electron chi connectivity index (χ4n) is 3.28. The molecule has 2 heteroatoms. The van der Waals surface area contributed by atoms with Gasteiger partial charge < -0.3 is 10.5 Å². The van der Waals surface area contributed by atoms with E-state index in [4.69, 9.17) is 10.5 Å². The fourth-order valence-corrected chi connectivity index (χ4v) is 3.28. The summed E-state index contributed by atoms with van der Waals surface area (Å²) in [6, 6.07) is 8.54. The zero-order valence-electron chi connectivity index (χ0n) is 10.4. The third-order valence-corrected chi connectivity index (χ3v) is 4.36. The second kappa shape index (κ2) is 4.34. The lowest BCUT2D eigenvalue weighted by Gasteiger charge is -2.21. The lowest BCUT2D eigenvalue weighted by atomic mass is 9.90. The Balaban J connectivity index is 1.66. The van der Waals surface area contributed by atoms with Crippen LogP contribution >= 0.6 is 0 Å². The van der Waals surface area contributed by atoms with Crippen LogP contribution in [-0.2, 0) is 0 Å². The highest BCUT2D eigenvalue weighted by atomic mass is 16.5. The van der Waals surface area contributed by atoms with E-state index in [9.17, 15) is 0 Å². The van der Waals surface area contributed by atoms with Crippen molar-refractivity contribution in [1.29, 1.82) is 0 Å². The molecule has 0 amide bonds. The van der Waals surface area contributed by atoms with Crippen LogP contribution in [-0.4, -0.2) is 6.61 Å². The molecule has 0 bridgehead atoms. The molecule has 2 aliphatic carbocycles. The molecule has 0 aliphatic heterocycles. The molecule has 17 heavy (non-hydrogen) atoms. The van der Waals surface area contributed by atoms with Gasteiger partial charge in [-0.2, -0.15) is 0 Å². The molecule has 1 aromatic carbocycles. The quantitative estimate of drug-likeness (QED) is 0.864. The van der Waals surface area contributed by atoms with Crippen molar-refractivity contribution in [2.24, 2.45) is 23.5 Å². The summed E-state index contributed by atoms with van der Waals surface area (Å²) in [5.74, 6) is 3.66. The molecule has 92 valence electrons. The van der Waals surface area contributed by atoms with Crippen LogP contribution in [0.2, 0.25) is 0 Å². The molecule has 3 atom stereocenters. The van der Waals surface area contributed by atoms with Crippen molar-refractivity contribution < 1.29 is 4.74 Å². The maximum absolute atomic E-state index is 6.37. The second-order valence-corrected chi connectivity index (χ2v) is 5.52. The van der Waals surface area contributed by atoms with Crippen LogP contribution in [0.5, 0.6) is 5.75 Å². The summed E-state index contributed by atoms with van der Waals surface area (Å²) >= 11 is 0. The van der Waals surface area contributed by atoms with E-state index in [1.165, 1.54) is 24.8 Å². The van der Waals surface area contributed by atoms with E-state index in [1.807, 2.05) is 19.1 Å². The van der Waals surface area contributed by atoms with Crippen molar-refractivity contribution in [2.75, 3.05) is 6.61 Å². The molecule has 0 spiro atoms. The number of hydrogen-bond donors (Lipinski definition) is 1. The summed E-state index contributed by atoms with van der Waals surface area (Å²) in [6.45, 7) is 2.72. The van der Waals surface area contributed by atoms with Crippen molar-refractivity contribution in [1.82, 2.24) is 0 Å². The lowest BCUT2D eigenvalue weighted by Crippen LogP contribution is -2.20. The highest BCUT2D eigenvalue weighted by Gasteiger charge is 2.47. The average molecular weight is 231 g/mol. The van der Waals surface area contributed by atoms with E-state index in [2.05, 4.69) is 12.1 Å². The van der Waals surface area contributed by atoms with Crippen molar-refractivity contribution in [3.8, 4) is 5.75 Å². The summed E-state index contributed by atoms with van der Waals surface area (Å²) in [4.78, 5) is 0. The van der Waals surface area contributed by atoms with Gasteiger partial charge in [-0.1, -0.05) is 12.1 Å². The van der Waals surface area contributed by atoms with Gasteiger partial charge in [-0.15, -0.1) is 0 Å². The first kappa shape index (κ1) is 11.1. The van der Waals surface area contributed by atoms with E-state index in [-0.39, 0.29) is 6.04 Å². The van der Waals surface area contributed by atoms with Crippen molar-refractivity contribution in [3.63, 3.8) is 0 Å². The van der Waals surface area contributed by atoms with Crippen LogP contribution in [0.25, 0.3) is 0 Å². The molecule has 0 radical (unpaired) electrons. The fraction of sp³-hybridized carbons (Fsp3) is 0.600. The van der Waals surface area contributed by atoms with Gasteiger partial charge in [0, 0.05) is 6.04 Å². The largest absolute Gasteiger partial charge is 0.494 e. The van der Waals surface area contributed by atoms with E-state index in [0.717, 1.165) is 24.2 Å². The first-order chi connectivity index (χ1) is 8.28. The van der Waals surface area contributed by atoms with Gasteiger partial charge in [0.05, 0.1) is 6.61 Å². The molecule has 2 aliphatic rings. The monoisotopic (exact) mass is 231 g/mol. The van der Waals surface area contributed by atoms with E-state index in [0.29, 0.717) is 5.92 Å². The van der Waals surface area contributed by atoms with E-state index >= 15 is 0 Å². The first-order valence-corrected chi connectivity index (χ1v) is 6.76. The summed E-state index contributed by atoms with van der Waals surface area (Å²) in [7, 11) is 0. The minimum atomic E-state index is 0.221. The molecule has 0 aromatic heterocycles. The number of nitrogens with two attached hydrogens (primary N) is 1. The molecular weight excluding hydrogens is 210 g/mol. The third-order valence-electron chi connectivity index (χ3n) is 4.36. The smallest absolute Gasteiger partial charge is 0.119 e. The van der Waals surface area contributed by atoms with Crippen molar-refractivity contribution in [3.05, 3.63) is 29.8 Å².